The molecule has 4 unspecified atom stereocenters. The maximum atomic E-state index is 13.1. The molecule has 2 aromatic carbocycles. The second-order valence-corrected chi connectivity index (χ2v) is 20.4. The van der Waals surface area contributed by atoms with E-state index in [4.69, 9.17) is 15.0 Å². The number of piperazine rings is 2. The van der Waals surface area contributed by atoms with Crippen molar-refractivity contribution in [1.82, 2.24) is 40.6 Å². The van der Waals surface area contributed by atoms with Gasteiger partial charge in [0.1, 0.15) is 23.7 Å². The number of pyridine rings is 1. The zero-order valence-electron chi connectivity index (χ0n) is 43.2. The Kier molecular flexibility index (Phi) is 19.0. The predicted octanol–water partition coefficient (Wildman–Crippen LogP) is 5.17. The molecule has 4 saturated heterocycles. The summed E-state index contributed by atoms with van der Waals surface area (Å²) in [4.78, 5) is 44.6. The van der Waals surface area contributed by atoms with Gasteiger partial charge in [-0.15, -0.1) is 21.5 Å². The number of nitrogens with zero attached hydrogens (tertiary/aromatic N) is 10. The summed E-state index contributed by atoms with van der Waals surface area (Å²) in [5.41, 5.74) is 14.6. The molecule has 6 aromatic rings. The first-order valence-electron chi connectivity index (χ1n) is 25.8. The fraction of sp³-hybridized carbons (Fsp3) is 0.463. The van der Waals surface area contributed by atoms with Crippen LogP contribution in [0.2, 0.25) is 0 Å². The molecule has 74 heavy (non-hydrogen) atoms. The average molecular weight is 1050 g/mol. The minimum atomic E-state index is -0.499. The Morgan fingerprint density at radius 2 is 1.64 bits per heavy atom. The van der Waals surface area contributed by atoms with Crippen molar-refractivity contribution in [3.8, 4) is 33.3 Å². The molecule has 5 aliphatic rings. The summed E-state index contributed by atoms with van der Waals surface area (Å²) in [5, 5.41) is 38.3. The van der Waals surface area contributed by atoms with Gasteiger partial charge in [0, 0.05) is 87.5 Å². The van der Waals surface area contributed by atoms with Crippen LogP contribution in [0.5, 0.6) is 11.6 Å². The summed E-state index contributed by atoms with van der Waals surface area (Å²) in [6.07, 6.45) is 10.7. The second-order valence-electron chi connectivity index (χ2n) is 19.6. The van der Waals surface area contributed by atoms with Crippen LogP contribution in [0.1, 0.15) is 95.2 Å². The van der Waals surface area contributed by atoms with Gasteiger partial charge in [0.25, 0.3) is 0 Å². The molecular formula is C54H67KN12O6S. The molecular weight excluding hydrogens is 984 g/mol. The number of aryl methyl sites for hydroxylation is 1. The maximum Gasteiger partial charge on any atom is 1.00 e. The number of phenols is 1. The van der Waals surface area contributed by atoms with Crippen molar-refractivity contribution < 1.29 is 75.3 Å². The fourth-order valence-corrected chi connectivity index (χ4v) is 11.0. The van der Waals surface area contributed by atoms with Crippen molar-refractivity contribution in [3.63, 3.8) is 0 Å². The monoisotopic (exact) mass is 1050 g/mol. The molecule has 4 N–H and O–H groups in total. The number of hydrogen-bond acceptors (Lipinski definition) is 17. The number of nitrogens with one attached hydrogen (secondary N) is 1. The Balaban J connectivity index is 0.000000186. The standard InChI is InChI=1S/C26H31N6O4S.C25H28N6O2.C3H8.K/c1-17(19-5-7-20(8-6-19)25-18(2)27-16-37-25)28-26(34)22-4-3-9-32(22)24(33)15-21-14-23(29-36-21)30-10-12-31(35)13-11-30;26-25-22(13-21(28-29-25)20-6-1-2-7-23(20)32)30-14-17-8-9-18(15-30)31(17)16-10-11-27-24(12-16)33-19-4-3-5-19;1-3-2;/h5-8,14,16-17,22H,3-4,9-13,15H2,1-2H3,(H,28,34);1-2,6-7,10-13,17-19,32H,3-5,8-9,14-15H2,(H2,26,29);3H2,1-2H3;/q-1;;;+1. The number of amides is 2. The molecule has 8 heterocycles. The van der Waals surface area contributed by atoms with Gasteiger partial charge in [0.15, 0.2) is 11.6 Å². The van der Waals surface area contributed by atoms with Gasteiger partial charge in [0.05, 0.1) is 39.9 Å². The molecule has 1 aliphatic carbocycles. The number of aromatic hydroxyl groups is 1. The Bertz CT molecular complexity index is 2790. The molecule has 4 atom stereocenters. The molecule has 18 nitrogen and oxygen atoms in total. The van der Waals surface area contributed by atoms with E-state index in [1.165, 1.54) is 18.5 Å². The molecule has 386 valence electrons. The van der Waals surface area contributed by atoms with Crippen molar-refractivity contribution in [2.75, 3.05) is 66.2 Å². The predicted molar refractivity (Wildman–Crippen MR) is 284 cm³/mol. The molecule has 5 fully saturated rings. The fourth-order valence-electron chi connectivity index (χ4n) is 10.2. The van der Waals surface area contributed by atoms with Crippen LogP contribution in [0.3, 0.4) is 0 Å². The first kappa shape index (κ1) is 55.1. The topological polar surface area (TPSA) is 219 Å². The van der Waals surface area contributed by atoms with E-state index < -0.39 is 6.04 Å². The number of hydroxylamine groups is 2. The molecule has 4 aliphatic heterocycles. The normalized spacial score (nSPS) is 19.8. The summed E-state index contributed by atoms with van der Waals surface area (Å²) in [5.74, 6) is 2.13. The summed E-state index contributed by atoms with van der Waals surface area (Å²) in [7, 11) is 0. The van der Waals surface area contributed by atoms with E-state index in [-0.39, 0.29) is 81.4 Å². The number of ether oxygens (including phenoxy) is 1. The molecule has 0 spiro atoms. The van der Waals surface area contributed by atoms with E-state index >= 15 is 0 Å². The number of thiazole rings is 1. The number of aromatic nitrogens is 5. The molecule has 11 rings (SSSR count). The number of phenolic OH excluding ortho intramolecular Hbond substituents is 1. The van der Waals surface area contributed by atoms with Gasteiger partial charge >= 0.3 is 51.4 Å². The van der Waals surface area contributed by atoms with Crippen LogP contribution < -0.4 is 81.9 Å². The molecule has 4 aromatic heterocycles. The summed E-state index contributed by atoms with van der Waals surface area (Å²) >= 11 is 1.61. The average Bonchev–Trinajstić information content (AvgIpc) is 4.21. The number of fused-ring (bicyclic) bond motifs is 2. The van der Waals surface area contributed by atoms with Gasteiger partial charge in [-0.2, -0.15) is 0 Å². The van der Waals surface area contributed by atoms with Crippen molar-refractivity contribution in [1.29, 1.82) is 0 Å². The SMILES string of the molecule is CCC.Cc1ncsc1-c1ccc(C(C)NC(=O)C2CCCN2C(=O)Cc2cc(N3CCN([O-])CC3)no2)cc1.Nc1nnc(-c2ccccc2O)cc1N1CC2CCC(C1)N2c1ccnc(OC2CCC2)c1.[K+]. The quantitative estimate of drug-likeness (QED) is 0.135. The molecule has 1 saturated carbocycles. The number of carbonyl (C=O) groups is 2. The van der Waals surface area contributed by atoms with Crippen LogP contribution in [-0.4, -0.2) is 122 Å². The van der Waals surface area contributed by atoms with Crippen LogP contribution in [0.4, 0.5) is 23.0 Å². The number of nitrogen functional groups attached to an aromatic ring is 1. The Hall–Kier alpha value is -5.19. The van der Waals surface area contributed by atoms with E-state index in [0.717, 1.165) is 83.5 Å². The van der Waals surface area contributed by atoms with Crippen LogP contribution in [0, 0.1) is 12.1 Å². The van der Waals surface area contributed by atoms with E-state index in [1.54, 1.807) is 34.4 Å². The summed E-state index contributed by atoms with van der Waals surface area (Å²) < 4.78 is 11.4. The number of likely N-dealkylation sites (tertiary alicyclic amines) is 1. The smallest absolute Gasteiger partial charge is 0.785 e. The van der Waals surface area contributed by atoms with Crippen molar-refractivity contribution in [3.05, 3.63) is 107 Å². The first-order chi connectivity index (χ1) is 35.5. The number of anilines is 4. The van der Waals surface area contributed by atoms with Gasteiger partial charge in [0.2, 0.25) is 17.7 Å². The zero-order valence-corrected chi connectivity index (χ0v) is 47.2. The molecule has 2 amide bonds. The molecule has 2 bridgehead atoms. The van der Waals surface area contributed by atoms with Crippen molar-refractivity contribution in [2.24, 2.45) is 0 Å². The Labute approximate surface area is 480 Å². The van der Waals surface area contributed by atoms with Crippen molar-refractivity contribution >= 4 is 46.2 Å². The number of nitrogens with two attached hydrogens (primary N) is 1. The van der Waals surface area contributed by atoms with E-state index in [1.807, 2.05) is 60.8 Å². The van der Waals surface area contributed by atoms with E-state index in [2.05, 4.69) is 78.6 Å². The van der Waals surface area contributed by atoms with Crippen molar-refractivity contribution in [2.45, 2.75) is 116 Å². The molecule has 20 heteroatoms. The van der Waals surface area contributed by atoms with Crippen LogP contribution >= 0.6 is 11.3 Å². The number of carbonyl (C=O) groups excluding carboxylic acids is 2. The maximum absolute atomic E-state index is 13.1. The van der Waals surface area contributed by atoms with Gasteiger partial charge in [-0.3, -0.25) is 9.59 Å². The van der Waals surface area contributed by atoms with Gasteiger partial charge in [-0.05, 0) is 94.2 Å². The minimum absolute atomic E-state index is 0. The third-order valence-corrected chi connectivity index (χ3v) is 15.2. The van der Waals surface area contributed by atoms with Crippen LogP contribution in [-0.2, 0) is 16.0 Å². The zero-order chi connectivity index (χ0) is 51.0. The second kappa shape index (κ2) is 25.6. The minimum Gasteiger partial charge on any atom is -0.785 e. The Morgan fingerprint density at radius 3 is 2.31 bits per heavy atom. The number of benzene rings is 2. The largest absolute Gasteiger partial charge is 1.00 e. The first-order valence-corrected chi connectivity index (χ1v) is 26.6. The Morgan fingerprint density at radius 1 is 0.905 bits per heavy atom. The third kappa shape index (κ3) is 13.1. The van der Waals surface area contributed by atoms with Gasteiger partial charge < -0.3 is 55.3 Å². The summed E-state index contributed by atoms with van der Waals surface area (Å²) in [6, 6.07) is 23.3. The van der Waals surface area contributed by atoms with E-state index in [9.17, 15) is 19.9 Å². The molecule has 0 radical (unpaired) electrons. The number of hydrogen-bond donors (Lipinski definition) is 3. The van der Waals surface area contributed by atoms with E-state index in [0.29, 0.717) is 86.0 Å². The van der Waals surface area contributed by atoms with Gasteiger partial charge in [-0.1, -0.05) is 61.8 Å². The van der Waals surface area contributed by atoms with Gasteiger partial charge in [-0.25, -0.2) is 9.97 Å². The number of rotatable bonds is 12. The third-order valence-electron chi connectivity index (χ3n) is 14.2. The number of para-hydroxylation sites is 1. The van der Waals surface area contributed by atoms with Crippen LogP contribution in [0.15, 0.2) is 89.0 Å². The summed E-state index contributed by atoms with van der Waals surface area (Å²) in [6.45, 7) is 12.4. The van der Waals surface area contributed by atoms with Crippen LogP contribution in [0.25, 0.3) is 21.7 Å².